The number of aromatic amines is 1. The highest BCUT2D eigenvalue weighted by Gasteiger charge is 2.12. The number of carbonyl (C=O) groups excluding carboxylic acids is 1. The van der Waals surface area contributed by atoms with Crippen LogP contribution in [0, 0.1) is 6.92 Å². The van der Waals surface area contributed by atoms with Crippen LogP contribution in [0.15, 0.2) is 69.1 Å². The van der Waals surface area contributed by atoms with Crippen LogP contribution in [0.5, 0.6) is 0 Å². The molecule has 1 amide bonds. The number of rotatable bonds is 5. The molecule has 0 fully saturated rings. The molecule has 0 saturated heterocycles. The van der Waals surface area contributed by atoms with Crippen LogP contribution in [0.4, 0.5) is 5.82 Å². The molecule has 0 saturated carbocycles. The van der Waals surface area contributed by atoms with Crippen molar-refractivity contribution in [1.82, 2.24) is 9.55 Å². The van der Waals surface area contributed by atoms with Crippen molar-refractivity contribution < 1.29 is 4.79 Å². The summed E-state index contributed by atoms with van der Waals surface area (Å²) >= 11 is 7.25. The summed E-state index contributed by atoms with van der Waals surface area (Å²) < 4.78 is 1.21. The van der Waals surface area contributed by atoms with E-state index in [1.807, 2.05) is 31.2 Å². The zero-order valence-corrected chi connectivity index (χ0v) is 15.9. The van der Waals surface area contributed by atoms with Crippen LogP contribution < -0.4 is 16.6 Å². The highest BCUT2D eigenvalue weighted by molar-refractivity contribution is 8.00. The summed E-state index contributed by atoms with van der Waals surface area (Å²) in [7, 11) is 0. The molecule has 3 aromatic rings. The third kappa shape index (κ3) is 4.90. The van der Waals surface area contributed by atoms with Crippen molar-refractivity contribution in [2.24, 2.45) is 0 Å². The first-order valence-corrected chi connectivity index (χ1v) is 9.40. The molecule has 0 unspecified atom stereocenters. The molecule has 6 nitrogen and oxygen atoms in total. The molecule has 0 aliphatic heterocycles. The second-order valence-electron chi connectivity index (χ2n) is 5.79. The quantitative estimate of drug-likeness (QED) is 0.643. The summed E-state index contributed by atoms with van der Waals surface area (Å²) in [5, 5.41) is 3.15. The number of hydrogen-bond acceptors (Lipinski definition) is 4. The lowest BCUT2D eigenvalue weighted by atomic mass is 10.2. The monoisotopic (exact) mass is 401 g/mol. The minimum absolute atomic E-state index is 0.0978. The molecule has 0 aliphatic carbocycles. The molecule has 138 valence electrons. The number of aromatic nitrogens is 2. The van der Waals surface area contributed by atoms with Gasteiger partial charge in [0.05, 0.1) is 11.4 Å². The predicted octanol–water partition coefficient (Wildman–Crippen LogP) is 3.22. The van der Waals surface area contributed by atoms with Gasteiger partial charge < -0.3 is 5.32 Å². The van der Waals surface area contributed by atoms with E-state index in [4.69, 9.17) is 11.6 Å². The SMILES string of the molecule is Cc1ccc(SCC(=O)Nc2cc(=O)[nH]c(=O)n2-c2ccc(Cl)cc2)cc1. The van der Waals surface area contributed by atoms with Crippen molar-refractivity contribution in [2.45, 2.75) is 11.8 Å². The van der Waals surface area contributed by atoms with Crippen molar-refractivity contribution in [3.63, 3.8) is 0 Å². The van der Waals surface area contributed by atoms with Crippen LogP contribution in [-0.2, 0) is 4.79 Å². The normalized spacial score (nSPS) is 10.6. The lowest BCUT2D eigenvalue weighted by molar-refractivity contribution is -0.113. The zero-order valence-electron chi connectivity index (χ0n) is 14.4. The van der Waals surface area contributed by atoms with Crippen LogP contribution in [0.25, 0.3) is 5.69 Å². The maximum Gasteiger partial charge on any atom is 0.334 e. The number of nitrogens with zero attached hydrogens (tertiary/aromatic N) is 1. The molecular weight excluding hydrogens is 386 g/mol. The van der Waals surface area contributed by atoms with E-state index < -0.39 is 11.2 Å². The Bertz CT molecular complexity index is 1070. The van der Waals surface area contributed by atoms with E-state index in [2.05, 4.69) is 10.3 Å². The minimum Gasteiger partial charge on any atom is -0.311 e. The van der Waals surface area contributed by atoms with E-state index in [0.29, 0.717) is 10.7 Å². The predicted molar refractivity (Wildman–Crippen MR) is 108 cm³/mol. The topological polar surface area (TPSA) is 84.0 Å². The van der Waals surface area contributed by atoms with Gasteiger partial charge >= 0.3 is 5.69 Å². The second-order valence-corrected chi connectivity index (χ2v) is 7.27. The number of anilines is 1. The zero-order chi connectivity index (χ0) is 19.4. The van der Waals surface area contributed by atoms with Gasteiger partial charge in [-0.15, -0.1) is 11.8 Å². The molecular formula is C19H16ClN3O3S. The van der Waals surface area contributed by atoms with Gasteiger partial charge in [-0.3, -0.25) is 14.6 Å². The van der Waals surface area contributed by atoms with Crippen LogP contribution in [-0.4, -0.2) is 21.2 Å². The number of hydrogen-bond donors (Lipinski definition) is 2. The van der Waals surface area contributed by atoms with E-state index in [1.54, 1.807) is 24.3 Å². The Morgan fingerprint density at radius 3 is 2.44 bits per heavy atom. The average Bonchev–Trinajstić information content (AvgIpc) is 2.62. The van der Waals surface area contributed by atoms with Gasteiger partial charge in [-0.05, 0) is 43.3 Å². The number of halogens is 1. The molecule has 3 rings (SSSR count). The average molecular weight is 402 g/mol. The van der Waals surface area contributed by atoms with Crippen molar-refractivity contribution in [3.8, 4) is 5.69 Å². The lowest BCUT2D eigenvalue weighted by Gasteiger charge is -2.13. The van der Waals surface area contributed by atoms with E-state index >= 15 is 0 Å². The summed E-state index contributed by atoms with van der Waals surface area (Å²) in [6.07, 6.45) is 0. The lowest BCUT2D eigenvalue weighted by Crippen LogP contribution is -2.32. The Labute approximate surface area is 164 Å². The minimum atomic E-state index is -0.647. The molecule has 0 bridgehead atoms. The Morgan fingerprint density at radius 2 is 1.78 bits per heavy atom. The van der Waals surface area contributed by atoms with Gasteiger partial charge in [0.15, 0.2) is 0 Å². The molecule has 1 aromatic heterocycles. The van der Waals surface area contributed by atoms with Crippen molar-refractivity contribution in [1.29, 1.82) is 0 Å². The second kappa shape index (κ2) is 8.28. The number of benzene rings is 2. The molecule has 0 radical (unpaired) electrons. The number of nitrogens with one attached hydrogen (secondary N) is 2. The highest BCUT2D eigenvalue weighted by atomic mass is 35.5. The van der Waals surface area contributed by atoms with Crippen molar-refractivity contribution in [3.05, 3.63) is 86.0 Å². The van der Waals surface area contributed by atoms with E-state index in [1.165, 1.54) is 22.4 Å². The van der Waals surface area contributed by atoms with Gasteiger partial charge in [0.25, 0.3) is 5.56 Å². The number of amides is 1. The first-order chi connectivity index (χ1) is 12.9. The maximum atomic E-state index is 12.3. The Morgan fingerprint density at radius 1 is 1.11 bits per heavy atom. The van der Waals surface area contributed by atoms with E-state index in [-0.39, 0.29) is 17.5 Å². The number of aryl methyl sites for hydroxylation is 1. The van der Waals surface area contributed by atoms with Gasteiger partial charge in [0.1, 0.15) is 5.82 Å². The van der Waals surface area contributed by atoms with Crippen molar-refractivity contribution >= 4 is 35.1 Å². The van der Waals surface area contributed by atoms with Gasteiger partial charge in [-0.1, -0.05) is 29.3 Å². The number of H-pyrrole nitrogens is 1. The maximum absolute atomic E-state index is 12.3. The Hall–Kier alpha value is -2.77. The van der Waals surface area contributed by atoms with Crippen LogP contribution in [0.1, 0.15) is 5.56 Å². The van der Waals surface area contributed by atoms with Gasteiger partial charge in [0.2, 0.25) is 5.91 Å². The van der Waals surface area contributed by atoms with Crippen LogP contribution in [0.2, 0.25) is 5.02 Å². The first-order valence-electron chi connectivity index (χ1n) is 8.04. The summed E-state index contributed by atoms with van der Waals surface area (Å²) in [5.74, 6) is -0.0844. The summed E-state index contributed by atoms with van der Waals surface area (Å²) in [5.41, 5.74) is 0.374. The Balaban J connectivity index is 1.82. The summed E-state index contributed by atoms with van der Waals surface area (Å²) in [4.78, 5) is 39.4. The van der Waals surface area contributed by atoms with Crippen molar-refractivity contribution in [2.75, 3.05) is 11.1 Å². The fourth-order valence-electron chi connectivity index (χ4n) is 2.40. The number of thioether (sulfide) groups is 1. The summed E-state index contributed by atoms with van der Waals surface area (Å²) in [6.45, 7) is 1.99. The molecule has 1 heterocycles. The van der Waals surface area contributed by atoms with Gasteiger partial charge in [-0.25, -0.2) is 9.36 Å². The fraction of sp³-hybridized carbons (Fsp3) is 0.105. The molecule has 0 atom stereocenters. The Kier molecular flexibility index (Phi) is 5.83. The van der Waals surface area contributed by atoms with Gasteiger partial charge in [0, 0.05) is 16.0 Å². The van der Waals surface area contributed by atoms with E-state index in [9.17, 15) is 14.4 Å². The fourth-order valence-corrected chi connectivity index (χ4v) is 3.22. The smallest absolute Gasteiger partial charge is 0.311 e. The molecule has 0 aliphatic rings. The third-order valence-electron chi connectivity index (χ3n) is 3.69. The third-order valence-corrected chi connectivity index (χ3v) is 4.95. The highest BCUT2D eigenvalue weighted by Crippen LogP contribution is 2.19. The van der Waals surface area contributed by atoms with Crippen LogP contribution >= 0.6 is 23.4 Å². The van der Waals surface area contributed by atoms with E-state index in [0.717, 1.165) is 10.5 Å². The molecule has 0 spiro atoms. The standard InChI is InChI=1S/C19H16ClN3O3S/c1-12-2-8-15(9-3-12)27-11-18(25)21-16-10-17(24)22-19(26)23(16)14-6-4-13(20)5-7-14/h2-10H,11H2,1H3,(H,21,25)(H,22,24,26). The first kappa shape index (κ1) is 19.0. The summed E-state index contributed by atoms with van der Waals surface area (Å²) in [6, 6.07) is 15.5. The molecule has 8 heteroatoms. The van der Waals surface area contributed by atoms with Crippen LogP contribution in [0.3, 0.4) is 0 Å². The largest absolute Gasteiger partial charge is 0.334 e. The van der Waals surface area contributed by atoms with Gasteiger partial charge in [-0.2, -0.15) is 0 Å². The molecule has 2 N–H and O–H groups in total. The number of carbonyl (C=O) groups is 1. The molecule has 27 heavy (non-hydrogen) atoms. The molecule has 2 aromatic carbocycles.